The number of benzene rings is 1. The Morgan fingerprint density at radius 3 is 2.31 bits per heavy atom. The molecule has 1 amide bonds. The summed E-state index contributed by atoms with van der Waals surface area (Å²) in [7, 11) is 1.63. The standard InChI is InChI=1S/C11H16N2O3/c1-7(6-12)13(2)11(16)8-3-9(14)5-10(15)4-8/h3-5,7,14-15H,6,12H2,1-2H3. The van der Waals surface area contributed by atoms with E-state index >= 15 is 0 Å². The highest BCUT2D eigenvalue weighted by molar-refractivity contribution is 5.95. The van der Waals surface area contributed by atoms with Gasteiger partial charge in [0, 0.05) is 31.3 Å². The van der Waals surface area contributed by atoms with Crippen LogP contribution in [0.1, 0.15) is 17.3 Å². The van der Waals surface area contributed by atoms with Crippen LogP contribution >= 0.6 is 0 Å². The van der Waals surface area contributed by atoms with Gasteiger partial charge >= 0.3 is 0 Å². The minimum Gasteiger partial charge on any atom is -0.508 e. The first kappa shape index (κ1) is 12.3. The van der Waals surface area contributed by atoms with Crippen LogP contribution in [-0.2, 0) is 0 Å². The van der Waals surface area contributed by atoms with Crippen molar-refractivity contribution < 1.29 is 15.0 Å². The lowest BCUT2D eigenvalue weighted by Crippen LogP contribution is -2.39. The average molecular weight is 224 g/mol. The molecule has 88 valence electrons. The van der Waals surface area contributed by atoms with Gasteiger partial charge in [-0.05, 0) is 19.1 Å². The number of rotatable bonds is 3. The summed E-state index contributed by atoms with van der Waals surface area (Å²) in [6.45, 7) is 2.17. The van der Waals surface area contributed by atoms with Gasteiger partial charge in [-0.3, -0.25) is 4.79 Å². The maximum absolute atomic E-state index is 11.9. The quantitative estimate of drug-likeness (QED) is 0.698. The van der Waals surface area contributed by atoms with Crippen molar-refractivity contribution in [3.05, 3.63) is 23.8 Å². The summed E-state index contributed by atoms with van der Waals surface area (Å²) < 4.78 is 0. The lowest BCUT2D eigenvalue weighted by molar-refractivity contribution is 0.0747. The van der Waals surface area contributed by atoms with E-state index in [0.717, 1.165) is 0 Å². The maximum atomic E-state index is 11.9. The number of phenolic OH excluding ortho intramolecular Hbond substituents is 2. The zero-order valence-electron chi connectivity index (χ0n) is 9.34. The molecular formula is C11H16N2O3. The van der Waals surface area contributed by atoms with Crippen LogP contribution in [0.3, 0.4) is 0 Å². The number of hydrogen-bond acceptors (Lipinski definition) is 4. The smallest absolute Gasteiger partial charge is 0.254 e. The van der Waals surface area contributed by atoms with Crippen molar-refractivity contribution in [1.82, 2.24) is 4.90 Å². The molecule has 0 spiro atoms. The van der Waals surface area contributed by atoms with Crippen molar-refractivity contribution in [1.29, 1.82) is 0 Å². The fraction of sp³-hybridized carbons (Fsp3) is 0.364. The first-order valence-electron chi connectivity index (χ1n) is 4.96. The highest BCUT2D eigenvalue weighted by atomic mass is 16.3. The molecule has 0 heterocycles. The van der Waals surface area contributed by atoms with E-state index in [1.54, 1.807) is 7.05 Å². The molecule has 0 saturated heterocycles. The molecule has 0 bridgehead atoms. The Kier molecular flexibility index (Phi) is 3.73. The molecule has 5 nitrogen and oxygen atoms in total. The monoisotopic (exact) mass is 224 g/mol. The number of carbonyl (C=O) groups is 1. The van der Waals surface area contributed by atoms with Gasteiger partial charge in [-0.25, -0.2) is 0 Å². The Morgan fingerprint density at radius 1 is 1.38 bits per heavy atom. The van der Waals surface area contributed by atoms with E-state index in [2.05, 4.69) is 0 Å². The molecule has 0 radical (unpaired) electrons. The lowest BCUT2D eigenvalue weighted by Gasteiger charge is -2.23. The molecular weight excluding hydrogens is 208 g/mol. The summed E-state index contributed by atoms with van der Waals surface area (Å²) in [5, 5.41) is 18.5. The zero-order chi connectivity index (χ0) is 12.3. The number of aromatic hydroxyl groups is 2. The van der Waals surface area contributed by atoms with Crippen molar-refractivity contribution >= 4 is 5.91 Å². The van der Waals surface area contributed by atoms with Gasteiger partial charge in [0.15, 0.2) is 0 Å². The van der Waals surface area contributed by atoms with E-state index in [1.165, 1.54) is 23.1 Å². The second-order valence-electron chi connectivity index (χ2n) is 3.74. The van der Waals surface area contributed by atoms with Gasteiger partial charge in [-0.2, -0.15) is 0 Å². The molecule has 0 fully saturated rings. The minimum absolute atomic E-state index is 0.100. The Bertz CT molecular complexity index is 373. The zero-order valence-corrected chi connectivity index (χ0v) is 9.34. The van der Waals surface area contributed by atoms with Crippen molar-refractivity contribution in [2.24, 2.45) is 5.73 Å². The van der Waals surface area contributed by atoms with E-state index in [-0.39, 0.29) is 29.0 Å². The summed E-state index contributed by atoms with van der Waals surface area (Å²) in [6, 6.07) is 3.68. The number of likely N-dealkylation sites (N-methyl/N-ethyl adjacent to an activating group) is 1. The predicted molar refractivity (Wildman–Crippen MR) is 60.4 cm³/mol. The van der Waals surface area contributed by atoms with Crippen LogP contribution in [0.5, 0.6) is 11.5 Å². The number of nitrogens with two attached hydrogens (primary N) is 1. The van der Waals surface area contributed by atoms with Crippen LogP contribution in [0.2, 0.25) is 0 Å². The molecule has 0 aromatic heterocycles. The molecule has 0 aliphatic carbocycles. The maximum Gasteiger partial charge on any atom is 0.254 e. The molecule has 0 saturated carbocycles. The lowest BCUT2D eigenvalue weighted by atomic mass is 10.1. The molecule has 0 aliphatic heterocycles. The minimum atomic E-state index is -0.288. The second kappa shape index (κ2) is 4.85. The van der Waals surface area contributed by atoms with Crippen LogP contribution in [0.4, 0.5) is 0 Å². The van der Waals surface area contributed by atoms with E-state index in [4.69, 9.17) is 5.73 Å². The predicted octanol–water partition coefficient (Wildman–Crippen LogP) is 0.517. The number of hydrogen-bond donors (Lipinski definition) is 3. The van der Waals surface area contributed by atoms with Crippen LogP contribution in [-0.4, -0.2) is 40.7 Å². The van der Waals surface area contributed by atoms with Gasteiger partial charge in [-0.15, -0.1) is 0 Å². The van der Waals surface area contributed by atoms with Gasteiger partial charge in [0.05, 0.1) is 0 Å². The number of nitrogens with zero attached hydrogens (tertiary/aromatic N) is 1. The topological polar surface area (TPSA) is 86.8 Å². The molecule has 1 aromatic rings. The van der Waals surface area contributed by atoms with Crippen LogP contribution in [0.15, 0.2) is 18.2 Å². The highest BCUT2D eigenvalue weighted by Crippen LogP contribution is 2.21. The fourth-order valence-electron chi connectivity index (χ4n) is 1.28. The van der Waals surface area contributed by atoms with Gasteiger partial charge < -0.3 is 20.8 Å². The third-order valence-electron chi connectivity index (χ3n) is 2.47. The van der Waals surface area contributed by atoms with Gasteiger partial charge in [0.1, 0.15) is 11.5 Å². The second-order valence-corrected chi connectivity index (χ2v) is 3.74. The summed E-state index contributed by atoms with van der Waals surface area (Å²) in [6.07, 6.45) is 0. The summed E-state index contributed by atoms with van der Waals surface area (Å²) in [5.74, 6) is -0.571. The van der Waals surface area contributed by atoms with Crippen molar-refractivity contribution in [2.75, 3.05) is 13.6 Å². The Labute approximate surface area is 94.1 Å². The molecule has 1 rings (SSSR count). The summed E-state index contributed by atoms with van der Waals surface area (Å²) in [5.41, 5.74) is 5.69. The number of carbonyl (C=O) groups excluding carboxylic acids is 1. The van der Waals surface area contributed by atoms with E-state index < -0.39 is 0 Å². The Balaban J connectivity index is 2.96. The van der Waals surface area contributed by atoms with Crippen LogP contribution < -0.4 is 5.73 Å². The summed E-state index contributed by atoms with van der Waals surface area (Å²) >= 11 is 0. The van der Waals surface area contributed by atoms with Crippen LogP contribution in [0, 0.1) is 0 Å². The van der Waals surface area contributed by atoms with Gasteiger partial charge in [-0.1, -0.05) is 0 Å². The first-order chi connectivity index (χ1) is 7.45. The third kappa shape index (κ3) is 2.64. The normalized spacial score (nSPS) is 12.2. The SMILES string of the molecule is CC(CN)N(C)C(=O)c1cc(O)cc(O)c1. The molecule has 1 aromatic carbocycles. The summed E-state index contributed by atoms with van der Waals surface area (Å²) in [4.78, 5) is 13.4. The third-order valence-corrected chi connectivity index (χ3v) is 2.47. The Hall–Kier alpha value is -1.75. The van der Waals surface area contributed by atoms with Crippen LogP contribution in [0.25, 0.3) is 0 Å². The fourth-order valence-corrected chi connectivity index (χ4v) is 1.28. The van der Waals surface area contributed by atoms with E-state index in [1.807, 2.05) is 6.92 Å². The van der Waals surface area contributed by atoms with Gasteiger partial charge in [0.2, 0.25) is 0 Å². The number of phenols is 2. The molecule has 16 heavy (non-hydrogen) atoms. The van der Waals surface area contributed by atoms with Crippen molar-refractivity contribution in [3.8, 4) is 11.5 Å². The molecule has 1 atom stereocenters. The molecule has 0 aliphatic rings. The highest BCUT2D eigenvalue weighted by Gasteiger charge is 2.17. The number of amides is 1. The van der Waals surface area contributed by atoms with Gasteiger partial charge in [0.25, 0.3) is 5.91 Å². The molecule has 1 unspecified atom stereocenters. The molecule has 4 N–H and O–H groups in total. The Morgan fingerprint density at radius 2 is 1.88 bits per heavy atom. The van der Waals surface area contributed by atoms with E-state index in [0.29, 0.717) is 6.54 Å². The largest absolute Gasteiger partial charge is 0.508 e. The first-order valence-corrected chi connectivity index (χ1v) is 4.96. The van der Waals surface area contributed by atoms with Crippen molar-refractivity contribution in [3.63, 3.8) is 0 Å². The average Bonchev–Trinajstić information content (AvgIpc) is 2.24. The van der Waals surface area contributed by atoms with Crippen molar-refractivity contribution in [2.45, 2.75) is 13.0 Å². The van der Waals surface area contributed by atoms with E-state index in [9.17, 15) is 15.0 Å². The molecule has 5 heteroatoms.